The van der Waals surface area contributed by atoms with E-state index < -0.39 is 0 Å². The Morgan fingerprint density at radius 2 is 2.46 bits per heavy atom. The van der Waals surface area contributed by atoms with Crippen molar-refractivity contribution in [3.05, 3.63) is 13.8 Å². The average molecular weight is 407 g/mol. The van der Waals surface area contributed by atoms with Crippen molar-refractivity contribution in [3.8, 4) is 0 Å². The molecule has 0 saturated carbocycles. The summed E-state index contributed by atoms with van der Waals surface area (Å²) in [7, 11) is 0. The van der Waals surface area contributed by atoms with Crippen LogP contribution in [0.2, 0.25) is 0 Å². The van der Waals surface area contributed by atoms with E-state index in [1.807, 2.05) is 0 Å². The summed E-state index contributed by atoms with van der Waals surface area (Å²) >= 11 is 0. The van der Waals surface area contributed by atoms with Crippen LogP contribution in [0.4, 0.5) is 0 Å². The Morgan fingerprint density at radius 3 is 2.92 bits per heavy atom. The van der Waals surface area contributed by atoms with Gasteiger partial charge in [-0.15, -0.1) is 0 Å². The van der Waals surface area contributed by atoms with E-state index in [-0.39, 0.29) is 55.5 Å². The fraction of sp³-hybridized carbons (Fsp3) is 0.700. The van der Waals surface area contributed by atoms with Gasteiger partial charge in [0.15, 0.2) is 5.91 Å². The summed E-state index contributed by atoms with van der Waals surface area (Å²) < 4.78 is 7.70. The Bertz CT molecular complexity index is 199. The van der Waals surface area contributed by atoms with E-state index in [1.165, 1.54) is 0 Å². The minimum atomic E-state index is -0.372. The molecule has 13 heavy (non-hydrogen) atoms. The predicted molar refractivity (Wildman–Crippen MR) is 49.2 cm³/mol. The second-order valence-corrected chi connectivity index (χ2v) is 3.35. The summed E-state index contributed by atoms with van der Waals surface area (Å²) in [6.07, 6.45) is 2.39. The number of carbonyl (C=O) groups excluding carboxylic acids is 1. The van der Waals surface area contributed by atoms with E-state index in [9.17, 15) is 4.79 Å². The van der Waals surface area contributed by atoms with Gasteiger partial charge in [-0.2, -0.15) is 6.42 Å². The van der Waals surface area contributed by atoms with Crippen molar-refractivity contribution in [1.29, 1.82) is 0 Å². The summed E-state index contributed by atoms with van der Waals surface area (Å²) in [6.45, 7) is 8.89. The molecule has 1 saturated heterocycles. The molecule has 1 rings (SSSR count). The first kappa shape index (κ1) is 11.6. The van der Waals surface area contributed by atoms with Crippen molar-refractivity contribution in [2.75, 3.05) is 6.52 Å². The first-order valence-corrected chi connectivity index (χ1v) is 4.44. The van der Waals surface area contributed by atoms with Crippen LogP contribution in [0.25, 0.3) is 0 Å². The second-order valence-electron chi connectivity index (χ2n) is 3.35. The third-order valence-electron chi connectivity index (χ3n) is 2.23. The quantitative estimate of drug-likeness (QED) is 0.638. The van der Waals surface area contributed by atoms with Crippen LogP contribution >= 0.6 is 0 Å². The molecule has 0 radical (unpaired) electrons. The maximum atomic E-state index is 11.6. The average Bonchev–Trinajstić information content (AvgIpc) is 2.45. The summed E-state index contributed by atoms with van der Waals surface area (Å²) in [4.78, 5) is 13.3. The molecule has 3 heteroatoms. The number of likely N-dealkylation sites (tertiary alicyclic amines) is 1. The smallest absolute Gasteiger partial charge is 0.344 e. The minimum Gasteiger partial charge on any atom is -0.344 e. The van der Waals surface area contributed by atoms with Gasteiger partial charge in [0.1, 0.15) is 0 Å². The summed E-state index contributed by atoms with van der Waals surface area (Å²) in [6, 6.07) is 0.166. The molecule has 0 N–H and O–H groups in total. The Kier molecular flexibility index (Phi) is 5.43. The van der Waals surface area contributed by atoms with Crippen LogP contribution in [0.15, 0.2) is 0 Å². The molecule has 0 aromatic heterocycles. The van der Waals surface area contributed by atoms with E-state index in [4.69, 9.17) is 1.37 Å². The van der Waals surface area contributed by atoms with Crippen LogP contribution in [0, 0.1) is 50.9 Å². The third kappa shape index (κ3) is 3.29. The number of amides is 1. The van der Waals surface area contributed by atoms with Crippen molar-refractivity contribution >= 4 is 5.91 Å². The Labute approximate surface area is 106 Å². The van der Waals surface area contributed by atoms with Crippen LogP contribution in [-0.2, 0) is 4.79 Å². The van der Waals surface area contributed by atoms with Crippen LogP contribution < -0.4 is 0 Å². The monoisotopic (exact) mass is 407 g/mol. The van der Waals surface area contributed by atoms with Crippen molar-refractivity contribution in [2.24, 2.45) is 5.92 Å². The molecule has 0 bridgehead atoms. The molecule has 0 aliphatic carbocycles. The standard InChI is InChI=1S/C10H17NO.U/c1-4-9-6-5-7-11(9)10(12)8(2)3;/h8-9H,1-2,4-7H2,3H3;/q-2;+2/t8-,9+;/m1./s1/i7T;/t7?,8-,9+;. The maximum Gasteiger partial charge on any atom is 2.00 e. The minimum absolute atomic E-state index is 0. The summed E-state index contributed by atoms with van der Waals surface area (Å²) in [5.41, 5.74) is 0. The van der Waals surface area contributed by atoms with Crippen molar-refractivity contribution in [2.45, 2.75) is 32.2 Å². The second kappa shape index (κ2) is 6.09. The van der Waals surface area contributed by atoms with Crippen LogP contribution in [-0.4, -0.2) is 23.4 Å². The topological polar surface area (TPSA) is 20.3 Å². The molecule has 0 spiro atoms. The zero-order chi connectivity index (χ0) is 10.0. The molecule has 72 valence electrons. The zero-order valence-corrected chi connectivity index (χ0v) is 12.3. The van der Waals surface area contributed by atoms with Gasteiger partial charge in [0.2, 0.25) is 0 Å². The molecule has 1 aliphatic heterocycles. The zero-order valence-electron chi connectivity index (χ0n) is 9.12. The molecular formula is C10H17NOU. The first-order valence-electron chi connectivity index (χ1n) is 5.02. The Hall–Kier alpha value is 0.522. The largest absolute Gasteiger partial charge is 2.00 e. The number of hydrogen-bond donors (Lipinski definition) is 0. The van der Waals surface area contributed by atoms with Gasteiger partial charge >= 0.3 is 31.1 Å². The molecule has 1 amide bonds. The van der Waals surface area contributed by atoms with Crippen LogP contribution in [0.3, 0.4) is 0 Å². The van der Waals surface area contributed by atoms with E-state index in [2.05, 4.69) is 13.8 Å². The van der Waals surface area contributed by atoms with Gasteiger partial charge in [0.05, 0.1) is 0 Å². The first-order chi connectivity index (χ1) is 6.07. The maximum absolute atomic E-state index is 11.6. The number of nitrogens with zero attached hydrogens (tertiary/aromatic N) is 1. The Balaban J connectivity index is 0.00000169. The molecular weight excluding hydrogens is 388 g/mol. The fourth-order valence-electron chi connectivity index (χ4n) is 1.50. The van der Waals surface area contributed by atoms with Gasteiger partial charge in [0, 0.05) is 13.9 Å². The molecule has 3 atom stereocenters. The fourth-order valence-corrected chi connectivity index (χ4v) is 1.50. The van der Waals surface area contributed by atoms with Gasteiger partial charge in [0.25, 0.3) is 0 Å². The molecule has 0 aromatic rings. The van der Waals surface area contributed by atoms with Gasteiger partial charge in [-0.3, -0.25) is 4.79 Å². The van der Waals surface area contributed by atoms with Gasteiger partial charge in [-0.1, -0.05) is 12.8 Å². The summed E-state index contributed by atoms with van der Waals surface area (Å²) in [5, 5.41) is 0. The third-order valence-corrected chi connectivity index (χ3v) is 2.23. The molecule has 1 heterocycles. The van der Waals surface area contributed by atoms with Gasteiger partial charge in [-0.05, 0) is 12.8 Å². The van der Waals surface area contributed by atoms with Crippen LogP contribution in [0.1, 0.15) is 27.6 Å². The van der Waals surface area contributed by atoms with E-state index in [0.717, 1.165) is 12.8 Å². The van der Waals surface area contributed by atoms with Gasteiger partial charge < -0.3 is 18.7 Å². The van der Waals surface area contributed by atoms with E-state index >= 15 is 0 Å². The molecule has 1 fully saturated rings. The SMILES string of the molecule is [3H]C1CC[C@H](C[CH2-])N1C(=O)[C@H]([CH2-])C.[U+2]. The number of carbonyl (C=O) groups is 1. The summed E-state index contributed by atoms with van der Waals surface area (Å²) in [5.74, 6) is -0.258. The number of hydrogen-bond acceptors (Lipinski definition) is 1. The van der Waals surface area contributed by atoms with Crippen LogP contribution in [0.5, 0.6) is 0 Å². The van der Waals surface area contributed by atoms with Gasteiger partial charge in [-0.25, -0.2) is 0 Å². The molecule has 1 unspecified atom stereocenters. The molecule has 1 aliphatic rings. The normalized spacial score (nSPS) is 30.7. The van der Waals surface area contributed by atoms with Crippen molar-refractivity contribution < 1.29 is 37.3 Å². The Morgan fingerprint density at radius 1 is 1.85 bits per heavy atom. The van der Waals surface area contributed by atoms with E-state index in [1.54, 1.807) is 11.8 Å². The molecule has 0 aromatic carbocycles. The molecule has 2 nitrogen and oxygen atoms in total. The predicted octanol–water partition coefficient (Wildman–Crippen LogP) is 1.67. The van der Waals surface area contributed by atoms with Crippen molar-refractivity contribution in [3.63, 3.8) is 0 Å². The van der Waals surface area contributed by atoms with Crippen molar-refractivity contribution in [1.82, 2.24) is 4.90 Å². The number of rotatable bonds is 2. The van der Waals surface area contributed by atoms with E-state index in [0.29, 0.717) is 6.42 Å².